The lowest BCUT2D eigenvalue weighted by Gasteiger charge is -2.16. The third-order valence-electron chi connectivity index (χ3n) is 10.4. The molecular weight excluding hydrogens is 755 g/mol. The van der Waals surface area contributed by atoms with Gasteiger partial charge in [0.15, 0.2) is 10.1 Å². The van der Waals surface area contributed by atoms with Gasteiger partial charge in [0.05, 0.1) is 24.8 Å². The second kappa shape index (κ2) is 16.9. The quantitative estimate of drug-likeness (QED) is 0.244. The van der Waals surface area contributed by atoms with Gasteiger partial charge in [-0.25, -0.2) is 41.9 Å². The minimum Gasteiger partial charge on any atom is -0.387 e. The normalized spacial score (nSPS) is 14.8. The van der Waals surface area contributed by atoms with Crippen molar-refractivity contribution in [3.63, 3.8) is 0 Å². The molecule has 56 heavy (non-hydrogen) atoms. The number of aromatic nitrogens is 4. The number of amides is 1. The first-order chi connectivity index (χ1) is 26.7. The van der Waals surface area contributed by atoms with E-state index < -0.39 is 31.5 Å². The smallest absolute Gasteiger partial charge is 0.292 e. The van der Waals surface area contributed by atoms with Crippen molar-refractivity contribution in [3.8, 4) is 12.0 Å². The van der Waals surface area contributed by atoms with Crippen molar-refractivity contribution >= 4 is 43.1 Å². The lowest BCUT2D eigenvalue weighted by Crippen LogP contribution is -2.25. The molecule has 0 saturated heterocycles. The van der Waals surface area contributed by atoms with E-state index in [4.69, 9.17) is 15.1 Å². The highest BCUT2D eigenvalue weighted by Gasteiger charge is 2.28. The van der Waals surface area contributed by atoms with E-state index in [1.807, 2.05) is 6.26 Å². The Morgan fingerprint density at radius 3 is 1.52 bits per heavy atom. The SMILES string of the molecule is CN(C)c1cnc(S(=O)(=O)CC(=O)Nc2c3c(cc4c2CCC4)CCC3)cn1.CN(C)c1cnc(S(N)(=O)=O)cn1.N#COc1c2c(cc3c1CCC3)CCC2. The van der Waals surface area contributed by atoms with Gasteiger partial charge in [-0.2, -0.15) is 0 Å². The van der Waals surface area contributed by atoms with Gasteiger partial charge in [0.2, 0.25) is 15.7 Å². The van der Waals surface area contributed by atoms with Crippen LogP contribution in [0, 0.1) is 11.5 Å². The van der Waals surface area contributed by atoms with Crippen molar-refractivity contribution in [3.05, 3.63) is 81.4 Å². The summed E-state index contributed by atoms with van der Waals surface area (Å²) in [5, 5.41) is 16.1. The molecule has 0 bridgehead atoms. The Morgan fingerprint density at radius 2 is 1.12 bits per heavy atom. The molecule has 3 N–H and O–H groups in total. The van der Waals surface area contributed by atoms with E-state index in [0.717, 1.165) is 81.8 Å². The summed E-state index contributed by atoms with van der Waals surface area (Å²) < 4.78 is 52.0. The Bertz CT molecular complexity index is 2310. The average molecular weight is 802 g/mol. The summed E-state index contributed by atoms with van der Waals surface area (Å²) in [5.74, 6) is 0.876. The Kier molecular flexibility index (Phi) is 12.2. The van der Waals surface area contributed by atoms with Gasteiger partial charge < -0.3 is 19.9 Å². The summed E-state index contributed by atoms with van der Waals surface area (Å²) in [5.41, 5.74) is 11.3. The molecule has 0 fully saturated rings. The molecule has 0 spiro atoms. The number of primary sulfonamides is 1. The van der Waals surface area contributed by atoms with Gasteiger partial charge in [-0.05, 0) is 122 Å². The van der Waals surface area contributed by atoms with Crippen molar-refractivity contribution in [1.29, 1.82) is 5.26 Å². The number of hydrogen-bond acceptors (Lipinski definition) is 13. The number of fused-ring (bicyclic) bond motifs is 4. The van der Waals surface area contributed by atoms with E-state index in [1.165, 1.54) is 75.9 Å². The number of nitrogens with two attached hydrogens (primary N) is 1. The second-order valence-electron chi connectivity index (χ2n) is 14.7. The third-order valence-corrected chi connectivity index (χ3v) is 12.7. The maximum absolute atomic E-state index is 12.6. The Labute approximate surface area is 328 Å². The van der Waals surface area contributed by atoms with Crippen molar-refractivity contribution < 1.29 is 26.4 Å². The number of benzene rings is 2. The highest BCUT2D eigenvalue weighted by molar-refractivity contribution is 7.92. The second-order valence-corrected chi connectivity index (χ2v) is 18.1. The molecule has 0 radical (unpaired) electrons. The number of carbonyl (C=O) groups is 1. The zero-order valence-corrected chi connectivity index (χ0v) is 33.8. The zero-order chi connectivity index (χ0) is 40.2. The van der Waals surface area contributed by atoms with Gasteiger partial charge in [0.1, 0.15) is 23.1 Å². The van der Waals surface area contributed by atoms with Crippen molar-refractivity contribution in [2.75, 3.05) is 49.1 Å². The van der Waals surface area contributed by atoms with E-state index in [1.54, 1.807) is 38.0 Å². The lowest BCUT2D eigenvalue weighted by molar-refractivity contribution is -0.113. The minimum atomic E-state index is -3.85. The fourth-order valence-electron chi connectivity index (χ4n) is 7.71. The fraction of sp³-hybridized carbons (Fsp3) is 0.436. The number of nitrogens with one attached hydrogen (secondary N) is 1. The number of nitrogens with zero attached hydrogens (tertiary/aromatic N) is 7. The monoisotopic (exact) mass is 801 g/mol. The first-order valence-corrected chi connectivity index (χ1v) is 21.8. The van der Waals surface area contributed by atoms with Crippen LogP contribution in [0.25, 0.3) is 0 Å². The van der Waals surface area contributed by atoms with Gasteiger partial charge in [-0.3, -0.25) is 4.79 Å². The largest absolute Gasteiger partial charge is 0.387 e. The van der Waals surface area contributed by atoms with Crippen LogP contribution in [-0.2, 0) is 76.0 Å². The van der Waals surface area contributed by atoms with Crippen LogP contribution in [0.3, 0.4) is 0 Å². The van der Waals surface area contributed by atoms with Crippen LogP contribution in [0.1, 0.15) is 70.2 Å². The number of ether oxygens (including phenoxy) is 1. The molecule has 0 unspecified atom stereocenters. The third kappa shape index (κ3) is 9.09. The molecule has 8 rings (SSSR count). The van der Waals surface area contributed by atoms with Crippen LogP contribution in [0.4, 0.5) is 17.3 Å². The van der Waals surface area contributed by atoms with E-state index in [9.17, 15) is 21.6 Å². The van der Waals surface area contributed by atoms with Gasteiger partial charge in [0, 0.05) is 33.9 Å². The molecule has 2 aromatic carbocycles. The van der Waals surface area contributed by atoms with E-state index in [-0.39, 0.29) is 10.1 Å². The van der Waals surface area contributed by atoms with E-state index >= 15 is 0 Å². The Balaban J connectivity index is 0.000000159. The van der Waals surface area contributed by atoms with Crippen molar-refractivity contribution in [2.24, 2.45) is 5.14 Å². The number of sulfonamides is 1. The summed E-state index contributed by atoms with van der Waals surface area (Å²) in [7, 11) is -0.447. The maximum Gasteiger partial charge on any atom is 0.292 e. The topological polar surface area (TPSA) is 214 Å². The van der Waals surface area contributed by atoms with Crippen LogP contribution in [-0.4, -0.2) is 76.6 Å². The molecule has 2 heterocycles. The molecule has 4 aliphatic rings. The molecule has 0 saturated carbocycles. The van der Waals surface area contributed by atoms with Crippen LogP contribution < -0.4 is 25.0 Å². The molecule has 1 amide bonds. The number of sulfone groups is 1. The van der Waals surface area contributed by atoms with Crippen LogP contribution in [0.5, 0.6) is 5.75 Å². The number of carbonyl (C=O) groups excluding carboxylic acids is 1. The number of rotatable bonds is 8. The van der Waals surface area contributed by atoms with Crippen LogP contribution in [0.15, 0.2) is 47.0 Å². The predicted molar refractivity (Wildman–Crippen MR) is 212 cm³/mol. The predicted octanol–water partition coefficient (Wildman–Crippen LogP) is 3.65. The molecule has 17 heteroatoms. The fourth-order valence-corrected chi connectivity index (χ4v) is 9.10. The van der Waals surface area contributed by atoms with Gasteiger partial charge in [-0.15, -0.1) is 5.26 Å². The minimum absolute atomic E-state index is 0.184. The highest BCUT2D eigenvalue weighted by atomic mass is 32.2. The summed E-state index contributed by atoms with van der Waals surface area (Å²) in [4.78, 5) is 31.6. The van der Waals surface area contributed by atoms with Crippen molar-refractivity contribution in [1.82, 2.24) is 19.9 Å². The Morgan fingerprint density at radius 1 is 0.696 bits per heavy atom. The molecule has 2 aromatic heterocycles. The average Bonchev–Trinajstić information content (AvgIpc) is 3.99. The van der Waals surface area contributed by atoms with E-state index in [0.29, 0.717) is 11.6 Å². The summed E-state index contributed by atoms with van der Waals surface area (Å²) in [6, 6.07) is 4.62. The number of hydrogen-bond donors (Lipinski definition) is 2. The zero-order valence-electron chi connectivity index (χ0n) is 32.1. The summed E-state index contributed by atoms with van der Waals surface area (Å²) in [6.07, 6.45) is 19.9. The van der Waals surface area contributed by atoms with Gasteiger partial charge in [0.25, 0.3) is 16.3 Å². The molecular formula is C39H47N9O6S2. The summed E-state index contributed by atoms with van der Waals surface area (Å²) in [6.45, 7) is 0. The first-order valence-electron chi connectivity index (χ1n) is 18.6. The molecule has 4 aromatic rings. The highest BCUT2D eigenvalue weighted by Crippen LogP contribution is 2.40. The Hall–Kier alpha value is -5.18. The van der Waals surface area contributed by atoms with Gasteiger partial charge in [-0.1, -0.05) is 12.1 Å². The standard InChI is InChI=1S/C20H24N4O3S.C13H13NO.C6H10N4O2S/c1-24(2)17-10-22-19(11-21-17)28(26,27)12-18(25)23-20-15-7-3-5-13(15)9-14-6-4-8-16(14)20;14-8-15-13-11-5-1-3-9(11)7-10-4-2-6-12(10)13;1-10(2)5-3-9-6(4-8-5)13(7,11)12/h9-11H,3-8,12H2,1-2H3,(H,23,25);7H,1-6H2;3-4H,1-2H3,(H2,7,11,12). The molecule has 0 atom stereocenters. The lowest BCUT2D eigenvalue weighted by atomic mass is 9.98. The van der Waals surface area contributed by atoms with E-state index in [2.05, 4.69) is 37.4 Å². The number of aryl methyl sites for hydroxylation is 4. The molecule has 4 aliphatic carbocycles. The van der Waals surface area contributed by atoms with Gasteiger partial charge >= 0.3 is 0 Å². The molecule has 15 nitrogen and oxygen atoms in total. The molecule has 296 valence electrons. The van der Waals surface area contributed by atoms with Crippen molar-refractivity contribution in [2.45, 2.75) is 87.1 Å². The number of anilines is 3. The molecule has 0 aliphatic heterocycles. The number of nitriles is 1. The summed E-state index contributed by atoms with van der Waals surface area (Å²) >= 11 is 0. The van der Waals surface area contributed by atoms with Crippen LogP contribution >= 0.6 is 0 Å². The van der Waals surface area contributed by atoms with Crippen LogP contribution in [0.2, 0.25) is 0 Å². The first kappa shape index (κ1) is 40.5. The maximum atomic E-state index is 12.6.